The zero-order chi connectivity index (χ0) is 8.93. The standard InChI is InChI=1S/C10H19NO2/c1(2-9-3-5-12-8-9)4-13-10-6-11-7-10/h9-11H,1-8H2. The lowest BCUT2D eigenvalue weighted by atomic mass is 10.0. The van der Waals surface area contributed by atoms with Crippen molar-refractivity contribution < 1.29 is 9.47 Å². The maximum atomic E-state index is 5.63. The van der Waals surface area contributed by atoms with Gasteiger partial charge in [-0.25, -0.2) is 0 Å². The number of hydrogen-bond donors (Lipinski definition) is 1. The summed E-state index contributed by atoms with van der Waals surface area (Å²) >= 11 is 0. The molecule has 0 radical (unpaired) electrons. The van der Waals surface area contributed by atoms with Crippen molar-refractivity contribution in [1.82, 2.24) is 5.32 Å². The van der Waals surface area contributed by atoms with Crippen molar-refractivity contribution in [1.29, 1.82) is 0 Å². The Morgan fingerprint density at radius 3 is 2.92 bits per heavy atom. The summed E-state index contributed by atoms with van der Waals surface area (Å²) in [7, 11) is 0. The highest BCUT2D eigenvalue weighted by Gasteiger charge is 2.18. The SMILES string of the molecule is C(COC1CNC1)CC1CCOC1. The molecule has 0 saturated carbocycles. The average Bonchev–Trinajstić information content (AvgIpc) is 2.53. The van der Waals surface area contributed by atoms with Crippen LogP contribution in [0.2, 0.25) is 0 Å². The van der Waals surface area contributed by atoms with Crippen molar-refractivity contribution in [3.05, 3.63) is 0 Å². The average molecular weight is 185 g/mol. The van der Waals surface area contributed by atoms with E-state index in [9.17, 15) is 0 Å². The van der Waals surface area contributed by atoms with Crippen LogP contribution in [0.3, 0.4) is 0 Å². The van der Waals surface area contributed by atoms with Crippen LogP contribution in [0.4, 0.5) is 0 Å². The first-order valence-electron chi connectivity index (χ1n) is 5.35. The molecule has 13 heavy (non-hydrogen) atoms. The maximum Gasteiger partial charge on any atom is 0.0823 e. The van der Waals surface area contributed by atoms with Gasteiger partial charge < -0.3 is 14.8 Å². The highest BCUT2D eigenvalue weighted by Crippen LogP contribution is 2.17. The molecule has 2 aliphatic rings. The van der Waals surface area contributed by atoms with E-state index in [1.165, 1.54) is 19.3 Å². The third-order valence-electron chi connectivity index (χ3n) is 2.88. The molecule has 0 bridgehead atoms. The molecule has 1 atom stereocenters. The van der Waals surface area contributed by atoms with Gasteiger partial charge in [-0.05, 0) is 25.2 Å². The van der Waals surface area contributed by atoms with Crippen molar-refractivity contribution in [2.24, 2.45) is 5.92 Å². The number of hydrogen-bond acceptors (Lipinski definition) is 3. The van der Waals surface area contributed by atoms with Crippen LogP contribution < -0.4 is 5.32 Å². The fourth-order valence-corrected chi connectivity index (χ4v) is 1.81. The van der Waals surface area contributed by atoms with E-state index >= 15 is 0 Å². The third kappa shape index (κ3) is 2.93. The molecule has 2 saturated heterocycles. The van der Waals surface area contributed by atoms with E-state index < -0.39 is 0 Å². The molecule has 1 unspecified atom stereocenters. The summed E-state index contributed by atoms with van der Waals surface area (Å²) in [5, 5.41) is 3.20. The van der Waals surface area contributed by atoms with Gasteiger partial charge in [0.2, 0.25) is 0 Å². The van der Waals surface area contributed by atoms with Gasteiger partial charge in [-0.3, -0.25) is 0 Å². The monoisotopic (exact) mass is 185 g/mol. The van der Waals surface area contributed by atoms with Crippen LogP contribution in [0.1, 0.15) is 19.3 Å². The van der Waals surface area contributed by atoms with Gasteiger partial charge in [-0.15, -0.1) is 0 Å². The molecular formula is C10H19NO2. The molecule has 0 aromatic heterocycles. The molecule has 2 rings (SSSR count). The molecule has 3 heteroatoms. The fourth-order valence-electron chi connectivity index (χ4n) is 1.81. The van der Waals surface area contributed by atoms with Crippen molar-refractivity contribution in [2.75, 3.05) is 32.9 Å². The fraction of sp³-hybridized carbons (Fsp3) is 1.00. The Labute approximate surface area is 79.8 Å². The van der Waals surface area contributed by atoms with Crippen molar-refractivity contribution in [3.8, 4) is 0 Å². The summed E-state index contributed by atoms with van der Waals surface area (Å²) in [5.41, 5.74) is 0. The molecule has 0 aliphatic carbocycles. The molecule has 2 aliphatic heterocycles. The number of rotatable bonds is 5. The molecular weight excluding hydrogens is 166 g/mol. The normalized spacial score (nSPS) is 29.1. The first kappa shape index (κ1) is 9.44. The Balaban J connectivity index is 1.43. The van der Waals surface area contributed by atoms with Crippen molar-refractivity contribution in [3.63, 3.8) is 0 Å². The van der Waals surface area contributed by atoms with Crippen LogP contribution in [-0.4, -0.2) is 39.0 Å². The summed E-state index contributed by atoms with van der Waals surface area (Å²) in [6.45, 7) is 4.98. The van der Waals surface area contributed by atoms with Gasteiger partial charge >= 0.3 is 0 Å². The van der Waals surface area contributed by atoms with Gasteiger partial charge in [0.05, 0.1) is 6.10 Å². The quantitative estimate of drug-likeness (QED) is 0.642. The van der Waals surface area contributed by atoms with Gasteiger partial charge in [0.15, 0.2) is 0 Å². The molecule has 76 valence electrons. The van der Waals surface area contributed by atoms with Gasteiger partial charge in [0.1, 0.15) is 0 Å². The van der Waals surface area contributed by atoms with Gasteiger partial charge in [0.25, 0.3) is 0 Å². The van der Waals surface area contributed by atoms with E-state index in [0.717, 1.165) is 38.8 Å². The first-order chi connectivity index (χ1) is 6.45. The lowest BCUT2D eigenvalue weighted by Crippen LogP contribution is -2.48. The van der Waals surface area contributed by atoms with E-state index in [0.29, 0.717) is 6.10 Å². The summed E-state index contributed by atoms with van der Waals surface area (Å²) < 4.78 is 11.0. The zero-order valence-electron chi connectivity index (χ0n) is 8.13. The smallest absolute Gasteiger partial charge is 0.0823 e. The Morgan fingerprint density at radius 2 is 2.31 bits per heavy atom. The van der Waals surface area contributed by atoms with Crippen molar-refractivity contribution >= 4 is 0 Å². The highest BCUT2D eigenvalue weighted by molar-refractivity contribution is 4.74. The Hall–Kier alpha value is -0.120. The predicted molar refractivity (Wildman–Crippen MR) is 50.8 cm³/mol. The topological polar surface area (TPSA) is 30.5 Å². The summed E-state index contributed by atoms with van der Waals surface area (Å²) in [6, 6.07) is 0. The minimum Gasteiger partial charge on any atom is -0.381 e. The van der Waals surface area contributed by atoms with Crippen LogP contribution >= 0.6 is 0 Å². The van der Waals surface area contributed by atoms with E-state index in [1.807, 2.05) is 0 Å². The lowest BCUT2D eigenvalue weighted by Gasteiger charge is -2.27. The highest BCUT2D eigenvalue weighted by atomic mass is 16.5. The molecule has 0 aromatic rings. The summed E-state index contributed by atoms with van der Waals surface area (Å²) in [5.74, 6) is 0.808. The van der Waals surface area contributed by atoms with E-state index in [4.69, 9.17) is 9.47 Å². The molecule has 2 fully saturated rings. The van der Waals surface area contributed by atoms with E-state index in [1.54, 1.807) is 0 Å². The largest absolute Gasteiger partial charge is 0.381 e. The second-order valence-corrected chi connectivity index (χ2v) is 4.02. The third-order valence-corrected chi connectivity index (χ3v) is 2.88. The van der Waals surface area contributed by atoms with Crippen LogP contribution in [0, 0.1) is 5.92 Å². The molecule has 1 N–H and O–H groups in total. The number of nitrogens with one attached hydrogen (secondary N) is 1. The van der Waals surface area contributed by atoms with Crippen LogP contribution in [-0.2, 0) is 9.47 Å². The number of ether oxygens (including phenoxy) is 2. The second-order valence-electron chi connectivity index (χ2n) is 4.02. The molecule has 0 aromatic carbocycles. The van der Waals surface area contributed by atoms with Gasteiger partial charge in [0, 0.05) is 32.9 Å². The van der Waals surface area contributed by atoms with Crippen LogP contribution in [0.15, 0.2) is 0 Å². The molecule has 3 nitrogen and oxygen atoms in total. The predicted octanol–water partition coefficient (Wildman–Crippen LogP) is 0.791. The second kappa shape index (κ2) is 4.94. The minimum atomic E-state index is 0.500. The lowest BCUT2D eigenvalue weighted by molar-refractivity contribution is 0.0155. The maximum absolute atomic E-state index is 5.63. The van der Waals surface area contributed by atoms with E-state index in [2.05, 4.69) is 5.32 Å². The van der Waals surface area contributed by atoms with Crippen LogP contribution in [0.25, 0.3) is 0 Å². The zero-order valence-corrected chi connectivity index (χ0v) is 8.13. The van der Waals surface area contributed by atoms with Crippen molar-refractivity contribution in [2.45, 2.75) is 25.4 Å². The molecule has 0 amide bonds. The molecule has 2 heterocycles. The Kier molecular flexibility index (Phi) is 3.58. The first-order valence-corrected chi connectivity index (χ1v) is 5.35. The summed E-state index contributed by atoms with van der Waals surface area (Å²) in [4.78, 5) is 0. The van der Waals surface area contributed by atoms with Crippen LogP contribution in [0.5, 0.6) is 0 Å². The Bertz CT molecular complexity index is 142. The minimum absolute atomic E-state index is 0.500. The van der Waals surface area contributed by atoms with E-state index in [-0.39, 0.29) is 0 Å². The Morgan fingerprint density at radius 1 is 1.38 bits per heavy atom. The van der Waals surface area contributed by atoms with Gasteiger partial charge in [-0.2, -0.15) is 0 Å². The van der Waals surface area contributed by atoms with Gasteiger partial charge in [-0.1, -0.05) is 0 Å². The molecule has 0 spiro atoms. The summed E-state index contributed by atoms with van der Waals surface area (Å²) in [6.07, 6.45) is 4.23.